The highest BCUT2D eigenvalue weighted by Crippen LogP contribution is 2.32. The van der Waals surface area contributed by atoms with E-state index in [0.717, 1.165) is 18.8 Å². The summed E-state index contributed by atoms with van der Waals surface area (Å²) in [5.74, 6) is -0.282. The fraction of sp³-hybridized carbons (Fsp3) is 0.0526. The van der Waals surface area contributed by atoms with E-state index in [2.05, 4.69) is 49.4 Å². The second-order valence-electron chi connectivity index (χ2n) is 5.40. The predicted octanol–water partition coefficient (Wildman–Crippen LogP) is 4.05. The third-order valence-corrected chi connectivity index (χ3v) is 5.08. The van der Waals surface area contributed by atoms with Crippen molar-refractivity contribution in [1.82, 2.24) is 10.9 Å². The van der Waals surface area contributed by atoms with Gasteiger partial charge >= 0.3 is 0 Å². The molecule has 0 saturated carbocycles. The Kier molecular flexibility index (Phi) is 6.10. The van der Waals surface area contributed by atoms with Crippen LogP contribution in [0.2, 0.25) is 0 Å². The molecule has 2 amide bonds. The first-order valence-electron chi connectivity index (χ1n) is 7.69. The number of hydrogen-bond acceptors (Lipinski definition) is 3. The highest BCUT2D eigenvalue weighted by atomic mass is 127. The van der Waals surface area contributed by atoms with E-state index in [9.17, 15) is 9.59 Å². The molecular weight excluding hydrogens is 511 g/mol. The molecule has 5 nitrogen and oxygen atoms in total. The van der Waals surface area contributed by atoms with Crippen molar-refractivity contribution in [3.8, 4) is 5.75 Å². The first-order chi connectivity index (χ1) is 12.5. The fourth-order valence-corrected chi connectivity index (χ4v) is 3.48. The number of carbonyl (C=O) groups is 2. The monoisotopic (exact) mass is 524 g/mol. The van der Waals surface area contributed by atoms with E-state index >= 15 is 0 Å². The molecular formula is C19H14BrIN2O3. The molecule has 0 aliphatic rings. The fourth-order valence-electron chi connectivity index (χ4n) is 2.33. The van der Waals surface area contributed by atoms with Gasteiger partial charge in [0, 0.05) is 9.13 Å². The average molecular weight is 525 g/mol. The minimum Gasteiger partial charge on any atom is -0.483 e. The Morgan fingerprint density at radius 1 is 1.00 bits per heavy atom. The van der Waals surface area contributed by atoms with E-state index in [0.29, 0.717) is 11.3 Å². The van der Waals surface area contributed by atoms with Crippen molar-refractivity contribution in [3.63, 3.8) is 0 Å². The van der Waals surface area contributed by atoms with Gasteiger partial charge in [0.15, 0.2) is 6.61 Å². The molecule has 0 fully saturated rings. The second kappa shape index (κ2) is 8.50. The number of ether oxygens (including phenoxy) is 1. The molecule has 0 atom stereocenters. The molecule has 3 aromatic rings. The van der Waals surface area contributed by atoms with Gasteiger partial charge in [0.05, 0.1) is 4.47 Å². The van der Waals surface area contributed by atoms with Crippen LogP contribution in [0.1, 0.15) is 10.4 Å². The summed E-state index contributed by atoms with van der Waals surface area (Å²) in [7, 11) is 0. The molecule has 0 aliphatic carbocycles. The molecule has 0 unspecified atom stereocenters. The molecule has 132 valence electrons. The normalized spacial score (nSPS) is 10.4. The van der Waals surface area contributed by atoms with Crippen LogP contribution in [-0.2, 0) is 4.79 Å². The van der Waals surface area contributed by atoms with E-state index in [1.165, 1.54) is 0 Å². The molecule has 3 aromatic carbocycles. The van der Waals surface area contributed by atoms with E-state index in [4.69, 9.17) is 4.74 Å². The van der Waals surface area contributed by atoms with Gasteiger partial charge in [0.25, 0.3) is 11.8 Å². The number of fused-ring (bicyclic) bond motifs is 1. The number of halogens is 2. The lowest BCUT2D eigenvalue weighted by molar-refractivity contribution is -0.123. The number of benzene rings is 3. The third-order valence-electron chi connectivity index (χ3n) is 3.59. The Balaban J connectivity index is 1.56. The lowest BCUT2D eigenvalue weighted by atomic mass is 10.1. The van der Waals surface area contributed by atoms with E-state index < -0.39 is 5.91 Å². The van der Waals surface area contributed by atoms with Crippen molar-refractivity contribution in [3.05, 3.63) is 74.3 Å². The van der Waals surface area contributed by atoms with Crippen LogP contribution >= 0.6 is 38.5 Å². The van der Waals surface area contributed by atoms with Gasteiger partial charge in [-0.25, -0.2) is 0 Å². The lowest BCUT2D eigenvalue weighted by Gasteiger charge is -2.11. The summed E-state index contributed by atoms with van der Waals surface area (Å²) in [4.78, 5) is 23.9. The lowest BCUT2D eigenvalue weighted by Crippen LogP contribution is -2.43. The summed E-state index contributed by atoms with van der Waals surface area (Å²) in [6, 6.07) is 18.6. The number of amides is 2. The van der Waals surface area contributed by atoms with Gasteiger partial charge in [-0.05, 0) is 73.6 Å². The van der Waals surface area contributed by atoms with Gasteiger partial charge < -0.3 is 4.74 Å². The molecule has 0 radical (unpaired) electrons. The van der Waals surface area contributed by atoms with E-state index in [1.54, 1.807) is 24.3 Å². The molecule has 2 N–H and O–H groups in total. The quantitative estimate of drug-likeness (QED) is 0.400. The van der Waals surface area contributed by atoms with Crippen LogP contribution in [0.15, 0.2) is 65.1 Å². The Morgan fingerprint density at radius 3 is 2.62 bits per heavy atom. The zero-order valence-corrected chi connectivity index (χ0v) is 17.2. The maximum atomic E-state index is 12.0. The summed E-state index contributed by atoms with van der Waals surface area (Å²) in [6.07, 6.45) is 0. The van der Waals surface area contributed by atoms with Gasteiger partial charge in [-0.1, -0.05) is 36.4 Å². The summed E-state index contributed by atoms with van der Waals surface area (Å²) in [6.45, 7) is -0.219. The van der Waals surface area contributed by atoms with Gasteiger partial charge in [-0.15, -0.1) is 0 Å². The molecule has 3 rings (SSSR count). The Labute approximate surface area is 172 Å². The summed E-state index contributed by atoms with van der Waals surface area (Å²) >= 11 is 5.62. The van der Waals surface area contributed by atoms with Crippen molar-refractivity contribution in [1.29, 1.82) is 0 Å². The van der Waals surface area contributed by atoms with Crippen LogP contribution in [0.4, 0.5) is 0 Å². The SMILES string of the molecule is O=C(COc1ccc2ccccc2c1Br)NNC(=O)c1cccc(I)c1. The molecule has 0 saturated heterocycles. The first kappa shape index (κ1) is 18.7. The van der Waals surface area contributed by atoms with Crippen molar-refractivity contribution in [2.75, 3.05) is 6.61 Å². The summed E-state index contributed by atoms with van der Waals surface area (Å²) in [5, 5.41) is 2.07. The zero-order chi connectivity index (χ0) is 18.5. The van der Waals surface area contributed by atoms with Crippen LogP contribution in [0.25, 0.3) is 10.8 Å². The Morgan fingerprint density at radius 2 is 1.81 bits per heavy atom. The summed E-state index contributed by atoms with van der Waals surface area (Å²) in [5.41, 5.74) is 5.19. The van der Waals surface area contributed by atoms with Crippen LogP contribution < -0.4 is 15.6 Å². The smallest absolute Gasteiger partial charge is 0.276 e. The zero-order valence-electron chi connectivity index (χ0n) is 13.5. The van der Waals surface area contributed by atoms with Gasteiger partial charge in [-0.3, -0.25) is 20.4 Å². The average Bonchev–Trinajstić information content (AvgIpc) is 2.65. The highest BCUT2D eigenvalue weighted by Gasteiger charge is 2.10. The molecule has 0 aromatic heterocycles. The molecule has 0 heterocycles. The van der Waals surface area contributed by atoms with Gasteiger partial charge in [0.1, 0.15) is 5.75 Å². The minimum absolute atomic E-state index is 0.219. The van der Waals surface area contributed by atoms with E-state index in [1.807, 2.05) is 36.4 Å². The third kappa shape index (κ3) is 4.53. The Hall–Kier alpha value is -2.13. The first-order valence-corrected chi connectivity index (χ1v) is 9.56. The highest BCUT2D eigenvalue weighted by molar-refractivity contribution is 14.1. The summed E-state index contributed by atoms with van der Waals surface area (Å²) < 4.78 is 7.27. The topological polar surface area (TPSA) is 67.4 Å². The molecule has 0 spiro atoms. The van der Waals surface area contributed by atoms with Crippen LogP contribution in [-0.4, -0.2) is 18.4 Å². The number of rotatable bonds is 4. The number of nitrogens with one attached hydrogen (secondary N) is 2. The number of hydrazine groups is 1. The molecule has 7 heteroatoms. The van der Waals surface area contributed by atoms with E-state index in [-0.39, 0.29) is 12.5 Å². The standard InChI is InChI=1S/C19H14BrIN2O3/c20-18-15-7-2-1-4-12(15)8-9-16(18)26-11-17(24)22-23-19(25)13-5-3-6-14(21)10-13/h1-10H,11H2,(H,22,24)(H,23,25). The number of carbonyl (C=O) groups excluding carboxylic acids is 2. The van der Waals surface area contributed by atoms with Crippen molar-refractivity contribution in [2.45, 2.75) is 0 Å². The largest absolute Gasteiger partial charge is 0.483 e. The maximum absolute atomic E-state index is 12.0. The van der Waals surface area contributed by atoms with Gasteiger partial charge in [-0.2, -0.15) is 0 Å². The molecule has 0 aliphatic heterocycles. The van der Waals surface area contributed by atoms with Crippen molar-refractivity contribution < 1.29 is 14.3 Å². The van der Waals surface area contributed by atoms with Crippen molar-refractivity contribution >= 4 is 61.1 Å². The van der Waals surface area contributed by atoms with Crippen LogP contribution in [0.3, 0.4) is 0 Å². The minimum atomic E-state index is -0.455. The molecule has 26 heavy (non-hydrogen) atoms. The van der Waals surface area contributed by atoms with Crippen molar-refractivity contribution in [2.24, 2.45) is 0 Å². The number of hydrogen-bond donors (Lipinski definition) is 2. The predicted molar refractivity (Wildman–Crippen MR) is 112 cm³/mol. The van der Waals surface area contributed by atoms with Crippen LogP contribution in [0.5, 0.6) is 5.75 Å². The van der Waals surface area contributed by atoms with Gasteiger partial charge in [0.2, 0.25) is 0 Å². The Bertz CT molecular complexity index is 978. The van der Waals surface area contributed by atoms with Crippen LogP contribution in [0, 0.1) is 3.57 Å². The molecule has 0 bridgehead atoms. The second-order valence-corrected chi connectivity index (χ2v) is 7.44. The maximum Gasteiger partial charge on any atom is 0.276 e.